The molecule has 0 aliphatic carbocycles. The second-order valence-corrected chi connectivity index (χ2v) is 3.74. The van der Waals surface area contributed by atoms with Crippen LogP contribution in [0, 0.1) is 0 Å². The number of aromatic nitrogens is 2. The van der Waals surface area contributed by atoms with E-state index < -0.39 is 11.4 Å². The molecule has 2 aromatic heterocycles. The summed E-state index contributed by atoms with van der Waals surface area (Å²) in [6, 6.07) is 1.57. The molecule has 0 unspecified atom stereocenters. The molecular weight excluding hydrogens is 244 g/mol. The van der Waals surface area contributed by atoms with Crippen LogP contribution in [-0.2, 0) is 4.74 Å². The number of H-pyrrole nitrogens is 1. The summed E-state index contributed by atoms with van der Waals surface area (Å²) in [5.74, 6) is -0.660. The van der Waals surface area contributed by atoms with Gasteiger partial charge in [0.1, 0.15) is 11.1 Å². The van der Waals surface area contributed by atoms with Crippen LogP contribution in [0.2, 0.25) is 5.02 Å². The SMILES string of the molecule is CCOC(=O)c1c[nH]c2cc(Cl)cnc2c1=O. The summed E-state index contributed by atoms with van der Waals surface area (Å²) in [5.41, 5.74) is 0.124. The highest BCUT2D eigenvalue weighted by atomic mass is 35.5. The van der Waals surface area contributed by atoms with E-state index >= 15 is 0 Å². The quantitative estimate of drug-likeness (QED) is 0.827. The number of carbonyl (C=O) groups excluding carboxylic acids is 1. The van der Waals surface area contributed by atoms with Gasteiger partial charge in [-0.05, 0) is 13.0 Å². The number of ether oxygens (including phenoxy) is 1. The standard InChI is InChI=1S/C11H9ClN2O3/c1-2-17-11(16)7-5-13-8-3-6(12)4-14-9(8)10(7)15/h3-5H,2H2,1H3,(H,13,15). The van der Waals surface area contributed by atoms with Gasteiger partial charge in [0.25, 0.3) is 0 Å². The lowest BCUT2D eigenvalue weighted by Crippen LogP contribution is -2.18. The van der Waals surface area contributed by atoms with Crippen molar-refractivity contribution >= 4 is 28.6 Å². The van der Waals surface area contributed by atoms with Gasteiger partial charge in [0.2, 0.25) is 5.43 Å². The Morgan fingerprint density at radius 3 is 3.06 bits per heavy atom. The largest absolute Gasteiger partial charge is 0.462 e. The highest BCUT2D eigenvalue weighted by molar-refractivity contribution is 6.31. The zero-order chi connectivity index (χ0) is 12.4. The number of carbonyl (C=O) groups is 1. The third kappa shape index (κ3) is 2.14. The molecule has 0 radical (unpaired) electrons. The van der Waals surface area contributed by atoms with Gasteiger partial charge < -0.3 is 9.72 Å². The Labute approximate surface area is 101 Å². The molecule has 0 aromatic carbocycles. The van der Waals surface area contributed by atoms with E-state index in [0.717, 1.165) is 0 Å². The van der Waals surface area contributed by atoms with Crippen LogP contribution in [0.5, 0.6) is 0 Å². The summed E-state index contributed by atoms with van der Waals surface area (Å²) in [6.07, 6.45) is 2.66. The number of halogens is 1. The Kier molecular flexibility index (Phi) is 3.10. The molecule has 0 bridgehead atoms. The number of nitrogens with one attached hydrogen (secondary N) is 1. The van der Waals surface area contributed by atoms with Crippen molar-refractivity contribution in [1.82, 2.24) is 9.97 Å². The summed E-state index contributed by atoms with van der Waals surface area (Å²) in [7, 11) is 0. The van der Waals surface area contributed by atoms with Gasteiger partial charge in [0, 0.05) is 12.4 Å². The van der Waals surface area contributed by atoms with Crippen molar-refractivity contribution in [2.75, 3.05) is 6.61 Å². The van der Waals surface area contributed by atoms with Crippen molar-refractivity contribution in [1.29, 1.82) is 0 Å². The maximum Gasteiger partial charge on any atom is 0.343 e. The molecule has 0 aliphatic heterocycles. The Morgan fingerprint density at radius 2 is 2.35 bits per heavy atom. The first-order chi connectivity index (χ1) is 8.13. The number of pyridine rings is 2. The van der Waals surface area contributed by atoms with E-state index in [4.69, 9.17) is 16.3 Å². The summed E-state index contributed by atoms with van der Waals surface area (Å²) in [5, 5.41) is 0.414. The molecule has 88 valence electrons. The first-order valence-electron chi connectivity index (χ1n) is 4.97. The van der Waals surface area contributed by atoms with Crippen LogP contribution in [0.15, 0.2) is 23.3 Å². The van der Waals surface area contributed by atoms with Crippen molar-refractivity contribution in [3.05, 3.63) is 39.3 Å². The van der Waals surface area contributed by atoms with Gasteiger partial charge in [-0.1, -0.05) is 11.6 Å². The van der Waals surface area contributed by atoms with E-state index in [1.54, 1.807) is 13.0 Å². The van der Waals surface area contributed by atoms with Crippen molar-refractivity contribution in [2.24, 2.45) is 0 Å². The normalized spacial score (nSPS) is 10.5. The maximum absolute atomic E-state index is 11.9. The van der Waals surface area contributed by atoms with E-state index in [-0.39, 0.29) is 17.7 Å². The van der Waals surface area contributed by atoms with Crippen molar-refractivity contribution in [3.63, 3.8) is 0 Å². The molecular formula is C11H9ClN2O3. The molecule has 1 N–H and O–H groups in total. The van der Waals surface area contributed by atoms with Crippen molar-refractivity contribution in [3.8, 4) is 0 Å². The Hall–Kier alpha value is -1.88. The third-order valence-corrected chi connectivity index (χ3v) is 2.39. The molecule has 5 nitrogen and oxygen atoms in total. The monoisotopic (exact) mass is 252 g/mol. The van der Waals surface area contributed by atoms with Gasteiger partial charge in [-0.3, -0.25) is 4.79 Å². The lowest BCUT2D eigenvalue weighted by Gasteiger charge is -2.02. The lowest BCUT2D eigenvalue weighted by molar-refractivity contribution is 0.0524. The number of nitrogens with zero attached hydrogens (tertiary/aromatic N) is 1. The van der Waals surface area contributed by atoms with E-state index in [2.05, 4.69) is 9.97 Å². The number of rotatable bonds is 2. The second kappa shape index (κ2) is 4.55. The first kappa shape index (κ1) is 11.6. The van der Waals surface area contributed by atoms with Gasteiger partial charge >= 0.3 is 5.97 Å². The predicted octanol–water partition coefficient (Wildman–Crippen LogP) is 1.75. The molecule has 0 saturated carbocycles. The summed E-state index contributed by atoms with van der Waals surface area (Å²) >= 11 is 5.75. The summed E-state index contributed by atoms with van der Waals surface area (Å²) < 4.78 is 4.77. The van der Waals surface area contributed by atoms with Gasteiger partial charge in [-0.2, -0.15) is 0 Å². The van der Waals surface area contributed by atoms with Crippen molar-refractivity contribution < 1.29 is 9.53 Å². The van der Waals surface area contributed by atoms with Crippen LogP contribution in [0.3, 0.4) is 0 Å². The lowest BCUT2D eigenvalue weighted by atomic mass is 10.2. The Morgan fingerprint density at radius 1 is 1.59 bits per heavy atom. The second-order valence-electron chi connectivity index (χ2n) is 3.30. The minimum atomic E-state index is -0.660. The fourth-order valence-corrected chi connectivity index (χ4v) is 1.59. The topological polar surface area (TPSA) is 72.1 Å². The average molecular weight is 253 g/mol. The van der Waals surface area contributed by atoms with Crippen LogP contribution in [0.25, 0.3) is 11.0 Å². The van der Waals surface area contributed by atoms with Gasteiger partial charge in [0.05, 0.1) is 17.1 Å². The van der Waals surface area contributed by atoms with Gasteiger partial charge in [-0.25, -0.2) is 9.78 Å². The first-order valence-corrected chi connectivity index (χ1v) is 5.35. The van der Waals surface area contributed by atoms with Gasteiger partial charge in [0.15, 0.2) is 0 Å². The molecule has 2 aromatic rings. The summed E-state index contributed by atoms with van der Waals surface area (Å²) in [4.78, 5) is 30.1. The zero-order valence-electron chi connectivity index (χ0n) is 8.99. The number of esters is 1. The number of hydrogen-bond acceptors (Lipinski definition) is 4. The Bertz CT molecular complexity index is 636. The van der Waals surface area contributed by atoms with Crippen molar-refractivity contribution in [2.45, 2.75) is 6.92 Å². The Balaban J connectivity index is 2.62. The molecule has 0 spiro atoms. The molecule has 0 fully saturated rings. The minimum Gasteiger partial charge on any atom is -0.462 e. The van der Waals surface area contributed by atoms with Gasteiger partial charge in [-0.15, -0.1) is 0 Å². The number of fused-ring (bicyclic) bond motifs is 1. The molecule has 17 heavy (non-hydrogen) atoms. The van der Waals surface area contributed by atoms with Crippen LogP contribution < -0.4 is 5.43 Å². The molecule has 6 heteroatoms. The predicted molar refractivity (Wildman–Crippen MR) is 63.3 cm³/mol. The zero-order valence-corrected chi connectivity index (χ0v) is 9.75. The molecule has 0 aliphatic rings. The number of hydrogen-bond donors (Lipinski definition) is 1. The molecule has 2 heterocycles. The smallest absolute Gasteiger partial charge is 0.343 e. The summed E-state index contributed by atoms with van der Waals surface area (Å²) in [6.45, 7) is 1.88. The van der Waals surface area contributed by atoms with Crippen LogP contribution in [0.1, 0.15) is 17.3 Å². The molecule has 2 rings (SSSR count). The minimum absolute atomic E-state index is 0.0610. The average Bonchev–Trinajstić information content (AvgIpc) is 2.29. The molecule has 0 saturated heterocycles. The maximum atomic E-state index is 11.9. The van der Waals surface area contributed by atoms with E-state index in [9.17, 15) is 9.59 Å². The van der Waals surface area contributed by atoms with Crippen LogP contribution >= 0.6 is 11.6 Å². The fourth-order valence-electron chi connectivity index (χ4n) is 1.43. The highest BCUT2D eigenvalue weighted by Gasteiger charge is 2.14. The van der Waals surface area contributed by atoms with Crippen LogP contribution in [0.4, 0.5) is 0 Å². The van der Waals surface area contributed by atoms with E-state index in [1.165, 1.54) is 12.4 Å². The third-order valence-electron chi connectivity index (χ3n) is 2.18. The van der Waals surface area contributed by atoms with Crippen LogP contribution in [-0.4, -0.2) is 22.5 Å². The fraction of sp³-hybridized carbons (Fsp3) is 0.182. The molecule has 0 amide bonds. The van der Waals surface area contributed by atoms with E-state index in [1.807, 2.05) is 0 Å². The number of aromatic amines is 1. The molecule has 0 atom stereocenters. The highest BCUT2D eigenvalue weighted by Crippen LogP contribution is 2.12. The van der Waals surface area contributed by atoms with E-state index in [0.29, 0.717) is 10.5 Å².